The number of nitrogens with one attached hydrogen (secondary N) is 1. The first-order chi connectivity index (χ1) is 9.59. The van der Waals surface area contributed by atoms with Crippen molar-refractivity contribution < 1.29 is 20.1 Å². The fourth-order valence-corrected chi connectivity index (χ4v) is 3.00. The average Bonchev–Trinajstić information content (AvgIpc) is 2.86. The molecule has 2 bridgehead atoms. The molecule has 1 aromatic carbocycles. The van der Waals surface area contributed by atoms with Crippen molar-refractivity contribution in [2.24, 2.45) is 0 Å². The van der Waals surface area contributed by atoms with Crippen molar-refractivity contribution in [3.8, 4) is 0 Å². The number of nitrogens with zero attached hydrogens (tertiary/aromatic N) is 1. The highest BCUT2D eigenvalue weighted by molar-refractivity contribution is 7.80. The monoisotopic (exact) mass is 296 g/mol. The maximum absolute atomic E-state index is 10.0. The van der Waals surface area contributed by atoms with Crippen molar-refractivity contribution in [2.75, 3.05) is 11.9 Å². The molecule has 2 aliphatic rings. The molecule has 1 aromatic rings. The largest absolute Gasteiger partial charge is 0.388 e. The van der Waals surface area contributed by atoms with Gasteiger partial charge in [-0.2, -0.15) is 0 Å². The summed E-state index contributed by atoms with van der Waals surface area (Å²) >= 11 is 5.33. The van der Waals surface area contributed by atoms with Gasteiger partial charge < -0.3 is 30.3 Å². The van der Waals surface area contributed by atoms with Crippen LogP contribution in [0.3, 0.4) is 0 Å². The third kappa shape index (κ3) is 2.17. The van der Waals surface area contributed by atoms with Crippen LogP contribution < -0.4 is 5.32 Å². The SMILES string of the molecule is O[C@@H]1[C@@H](O)[C@H]2OC[C@@H]([C@@H]1O)N2C(=S)Nc1ccccc1. The Kier molecular flexibility index (Phi) is 3.61. The van der Waals surface area contributed by atoms with Crippen LogP contribution in [0, 0.1) is 0 Å². The van der Waals surface area contributed by atoms with Crippen LogP contribution in [-0.2, 0) is 4.74 Å². The fraction of sp³-hybridized carbons (Fsp3) is 0.462. The van der Waals surface area contributed by atoms with Crippen molar-refractivity contribution >= 4 is 23.0 Å². The Bertz CT molecular complexity index is 482. The Morgan fingerprint density at radius 1 is 1.15 bits per heavy atom. The summed E-state index contributed by atoms with van der Waals surface area (Å²) in [6, 6.07) is 8.91. The van der Waals surface area contributed by atoms with Crippen molar-refractivity contribution in [2.45, 2.75) is 30.6 Å². The van der Waals surface area contributed by atoms with Crippen LogP contribution in [0.4, 0.5) is 5.69 Å². The highest BCUT2D eigenvalue weighted by atomic mass is 32.1. The third-order valence-corrected chi connectivity index (χ3v) is 4.03. The number of fused-ring (bicyclic) bond motifs is 2. The number of para-hydroxylation sites is 1. The van der Waals surface area contributed by atoms with E-state index in [1.165, 1.54) is 0 Å². The van der Waals surface area contributed by atoms with E-state index in [2.05, 4.69) is 5.32 Å². The minimum Gasteiger partial charge on any atom is -0.388 e. The molecule has 2 aliphatic heterocycles. The number of benzene rings is 1. The number of thiocarbonyl (C=S) groups is 1. The summed E-state index contributed by atoms with van der Waals surface area (Å²) in [4.78, 5) is 1.62. The van der Waals surface area contributed by atoms with Gasteiger partial charge in [0.2, 0.25) is 0 Å². The molecule has 2 heterocycles. The molecule has 7 heteroatoms. The summed E-state index contributed by atoms with van der Waals surface area (Å²) in [6.07, 6.45) is -4.25. The number of rotatable bonds is 1. The molecule has 2 saturated heterocycles. The van der Waals surface area contributed by atoms with Gasteiger partial charge in [-0.05, 0) is 24.4 Å². The summed E-state index contributed by atoms with van der Waals surface area (Å²) in [5, 5.41) is 33.1. The zero-order chi connectivity index (χ0) is 14.3. The molecule has 6 nitrogen and oxygen atoms in total. The molecule has 20 heavy (non-hydrogen) atoms. The van der Waals surface area contributed by atoms with Gasteiger partial charge in [0.25, 0.3) is 0 Å². The highest BCUT2D eigenvalue weighted by Crippen LogP contribution is 2.32. The Morgan fingerprint density at radius 2 is 1.85 bits per heavy atom. The van der Waals surface area contributed by atoms with E-state index in [9.17, 15) is 15.3 Å². The van der Waals surface area contributed by atoms with Crippen LogP contribution in [0.1, 0.15) is 0 Å². The minimum atomic E-state index is -1.22. The number of aliphatic hydroxyl groups is 3. The van der Waals surface area contributed by atoms with E-state index in [4.69, 9.17) is 17.0 Å². The van der Waals surface area contributed by atoms with Crippen LogP contribution in [0.5, 0.6) is 0 Å². The number of hydrogen-bond acceptors (Lipinski definition) is 5. The molecule has 0 radical (unpaired) electrons. The molecular weight excluding hydrogens is 280 g/mol. The van der Waals surface area contributed by atoms with Gasteiger partial charge >= 0.3 is 0 Å². The van der Waals surface area contributed by atoms with E-state index < -0.39 is 30.6 Å². The fourth-order valence-electron chi connectivity index (χ4n) is 2.65. The molecule has 108 valence electrons. The van der Waals surface area contributed by atoms with E-state index in [1.54, 1.807) is 4.90 Å². The van der Waals surface area contributed by atoms with Crippen LogP contribution in [0.25, 0.3) is 0 Å². The average molecular weight is 296 g/mol. The second-order valence-electron chi connectivity index (χ2n) is 4.97. The lowest BCUT2D eigenvalue weighted by Crippen LogP contribution is -2.64. The van der Waals surface area contributed by atoms with Crippen LogP contribution >= 0.6 is 12.2 Å². The number of ether oxygens (including phenoxy) is 1. The van der Waals surface area contributed by atoms with Gasteiger partial charge in [0.05, 0.1) is 12.6 Å². The maximum atomic E-state index is 10.0. The lowest BCUT2D eigenvalue weighted by Gasteiger charge is -2.42. The smallest absolute Gasteiger partial charge is 0.175 e. The van der Waals surface area contributed by atoms with E-state index in [0.29, 0.717) is 5.11 Å². The Labute approximate surface area is 121 Å². The van der Waals surface area contributed by atoms with Crippen molar-refractivity contribution in [1.82, 2.24) is 4.90 Å². The molecule has 0 aliphatic carbocycles. The number of anilines is 1. The molecule has 0 aromatic heterocycles. The van der Waals surface area contributed by atoms with Gasteiger partial charge in [0.15, 0.2) is 11.3 Å². The summed E-state index contributed by atoms with van der Waals surface area (Å²) in [6.45, 7) is 0.219. The van der Waals surface area contributed by atoms with Crippen molar-refractivity contribution in [3.63, 3.8) is 0 Å². The quantitative estimate of drug-likeness (QED) is 0.520. The van der Waals surface area contributed by atoms with E-state index in [0.717, 1.165) is 5.69 Å². The number of hydrogen-bond donors (Lipinski definition) is 4. The zero-order valence-electron chi connectivity index (χ0n) is 10.6. The van der Waals surface area contributed by atoms with Gasteiger partial charge in [0.1, 0.15) is 18.3 Å². The molecule has 3 rings (SSSR count). The van der Waals surface area contributed by atoms with Gasteiger partial charge in [-0.15, -0.1) is 0 Å². The summed E-state index contributed by atoms with van der Waals surface area (Å²) in [5.41, 5.74) is 0.812. The second kappa shape index (κ2) is 5.27. The second-order valence-corrected chi connectivity index (χ2v) is 5.35. The number of piperidine rings is 1. The first-order valence-corrected chi connectivity index (χ1v) is 6.80. The topological polar surface area (TPSA) is 85.2 Å². The first kappa shape index (κ1) is 13.7. The molecule has 0 spiro atoms. The normalized spacial score (nSPS) is 36.0. The zero-order valence-corrected chi connectivity index (χ0v) is 11.4. The molecule has 4 N–H and O–H groups in total. The van der Waals surface area contributed by atoms with E-state index in [-0.39, 0.29) is 6.61 Å². The Balaban J connectivity index is 1.78. The third-order valence-electron chi connectivity index (χ3n) is 3.71. The van der Waals surface area contributed by atoms with E-state index in [1.807, 2.05) is 30.3 Å². The minimum absolute atomic E-state index is 0.219. The summed E-state index contributed by atoms with van der Waals surface area (Å²) < 4.78 is 5.43. The van der Waals surface area contributed by atoms with Gasteiger partial charge in [-0.3, -0.25) is 0 Å². The first-order valence-electron chi connectivity index (χ1n) is 6.40. The molecule has 0 unspecified atom stereocenters. The predicted molar refractivity (Wildman–Crippen MR) is 76.1 cm³/mol. The Hall–Kier alpha value is -1.25. The maximum Gasteiger partial charge on any atom is 0.175 e. The van der Waals surface area contributed by atoms with Crippen molar-refractivity contribution in [3.05, 3.63) is 30.3 Å². The van der Waals surface area contributed by atoms with Crippen molar-refractivity contribution in [1.29, 1.82) is 0 Å². The summed E-state index contributed by atoms with van der Waals surface area (Å²) in [5.74, 6) is 0. The van der Waals surface area contributed by atoms with Crippen LogP contribution in [0.2, 0.25) is 0 Å². The van der Waals surface area contributed by atoms with Crippen LogP contribution in [0.15, 0.2) is 30.3 Å². The Morgan fingerprint density at radius 3 is 2.55 bits per heavy atom. The molecule has 2 fully saturated rings. The standard InChI is InChI=1S/C13H16N2O4S/c16-9-8-6-19-12(11(18)10(9)17)15(8)13(20)14-7-4-2-1-3-5-7/h1-5,8-12,16-18H,6H2,(H,14,20)/t8-,9-,10-,11+,12+/m0/s1. The molecule has 0 amide bonds. The van der Waals surface area contributed by atoms with Gasteiger partial charge in [-0.25, -0.2) is 0 Å². The highest BCUT2D eigenvalue weighted by Gasteiger charge is 2.53. The summed E-state index contributed by atoms with van der Waals surface area (Å²) in [7, 11) is 0. The molecular formula is C13H16N2O4S. The lowest BCUT2D eigenvalue weighted by molar-refractivity contribution is -0.154. The molecule has 0 saturated carbocycles. The van der Waals surface area contributed by atoms with E-state index >= 15 is 0 Å². The predicted octanol–water partition coefficient (Wildman–Crippen LogP) is -0.493. The number of aliphatic hydroxyl groups excluding tert-OH is 3. The van der Waals surface area contributed by atoms with Gasteiger partial charge in [-0.1, -0.05) is 18.2 Å². The lowest BCUT2D eigenvalue weighted by atomic mass is 9.95. The molecule has 5 atom stereocenters. The van der Waals surface area contributed by atoms with Crippen LogP contribution in [-0.4, -0.2) is 62.5 Å². The van der Waals surface area contributed by atoms with Gasteiger partial charge in [0, 0.05) is 5.69 Å².